The molecule has 0 unspecified atom stereocenters. The standard InChI is InChI=1S/C12H12S/c1-2-4-11(5-3-1)10-12-6-8-13-9-7-12/h1-9,12H,10H2. The molecular weight excluding hydrogens is 176 g/mol. The molecule has 0 bridgehead atoms. The summed E-state index contributed by atoms with van der Waals surface area (Å²) in [6, 6.07) is 10.6. The molecule has 1 aromatic carbocycles. The molecule has 0 amide bonds. The van der Waals surface area contributed by atoms with E-state index in [0.29, 0.717) is 5.92 Å². The van der Waals surface area contributed by atoms with Gasteiger partial charge >= 0.3 is 0 Å². The van der Waals surface area contributed by atoms with Gasteiger partial charge in [-0.15, -0.1) is 11.8 Å². The van der Waals surface area contributed by atoms with E-state index < -0.39 is 0 Å². The molecule has 0 N–H and O–H groups in total. The SMILES string of the molecule is C1=CC(Cc2ccccc2)C=CS1. The number of thioether (sulfide) groups is 1. The van der Waals surface area contributed by atoms with E-state index in [1.165, 1.54) is 5.56 Å². The fourth-order valence-corrected chi connectivity index (χ4v) is 2.10. The third kappa shape index (κ3) is 2.49. The molecule has 1 aliphatic heterocycles. The zero-order valence-corrected chi connectivity index (χ0v) is 8.21. The van der Waals surface area contributed by atoms with Crippen LogP contribution in [0.2, 0.25) is 0 Å². The van der Waals surface area contributed by atoms with Crippen LogP contribution in [-0.2, 0) is 6.42 Å². The summed E-state index contributed by atoms with van der Waals surface area (Å²) in [5.41, 5.74) is 1.41. The summed E-state index contributed by atoms with van der Waals surface area (Å²) in [4.78, 5) is 0. The molecule has 0 saturated heterocycles. The lowest BCUT2D eigenvalue weighted by Crippen LogP contribution is -1.98. The van der Waals surface area contributed by atoms with E-state index in [4.69, 9.17) is 0 Å². The Morgan fingerprint density at radius 3 is 2.38 bits per heavy atom. The van der Waals surface area contributed by atoms with Gasteiger partial charge in [0, 0.05) is 5.92 Å². The van der Waals surface area contributed by atoms with Crippen LogP contribution in [0.1, 0.15) is 5.56 Å². The van der Waals surface area contributed by atoms with Crippen molar-refractivity contribution in [1.82, 2.24) is 0 Å². The van der Waals surface area contributed by atoms with Gasteiger partial charge < -0.3 is 0 Å². The quantitative estimate of drug-likeness (QED) is 0.683. The number of hydrogen-bond acceptors (Lipinski definition) is 1. The van der Waals surface area contributed by atoms with Crippen LogP contribution in [0, 0.1) is 5.92 Å². The molecule has 0 aromatic heterocycles. The van der Waals surface area contributed by atoms with Crippen molar-refractivity contribution in [3.8, 4) is 0 Å². The van der Waals surface area contributed by atoms with Crippen LogP contribution >= 0.6 is 11.8 Å². The normalized spacial score (nSPS) is 16.3. The van der Waals surface area contributed by atoms with Gasteiger partial charge in [0.2, 0.25) is 0 Å². The van der Waals surface area contributed by atoms with Crippen LogP contribution in [0.25, 0.3) is 0 Å². The lowest BCUT2D eigenvalue weighted by atomic mass is 10.00. The van der Waals surface area contributed by atoms with E-state index >= 15 is 0 Å². The summed E-state index contributed by atoms with van der Waals surface area (Å²) in [6.07, 6.45) is 5.64. The minimum absolute atomic E-state index is 0.587. The van der Waals surface area contributed by atoms with E-state index in [1.807, 2.05) is 0 Å². The van der Waals surface area contributed by atoms with Gasteiger partial charge in [-0.25, -0.2) is 0 Å². The molecule has 0 spiro atoms. The van der Waals surface area contributed by atoms with Gasteiger partial charge in [0.05, 0.1) is 0 Å². The average Bonchev–Trinajstić information content (AvgIpc) is 2.21. The summed E-state index contributed by atoms with van der Waals surface area (Å²) in [6.45, 7) is 0. The Morgan fingerprint density at radius 2 is 1.69 bits per heavy atom. The van der Waals surface area contributed by atoms with Crippen molar-refractivity contribution in [3.05, 3.63) is 58.9 Å². The highest BCUT2D eigenvalue weighted by Crippen LogP contribution is 2.20. The fourth-order valence-electron chi connectivity index (χ4n) is 1.42. The molecule has 0 radical (unpaired) electrons. The molecule has 0 saturated carbocycles. The second-order valence-electron chi connectivity index (χ2n) is 3.15. The van der Waals surface area contributed by atoms with Crippen LogP contribution < -0.4 is 0 Å². The lowest BCUT2D eigenvalue weighted by molar-refractivity contribution is 0.806. The molecule has 1 aliphatic rings. The smallest absolute Gasteiger partial charge is 0.000347 e. The third-order valence-corrected chi connectivity index (χ3v) is 2.75. The van der Waals surface area contributed by atoms with E-state index in [9.17, 15) is 0 Å². The van der Waals surface area contributed by atoms with E-state index in [1.54, 1.807) is 11.8 Å². The summed E-state index contributed by atoms with van der Waals surface area (Å²) < 4.78 is 0. The molecular formula is C12H12S. The molecule has 1 aromatic rings. The summed E-state index contributed by atoms with van der Waals surface area (Å²) in [5, 5.41) is 4.32. The first-order valence-corrected chi connectivity index (χ1v) is 5.42. The van der Waals surface area contributed by atoms with Crippen molar-refractivity contribution in [2.45, 2.75) is 6.42 Å². The fraction of sp³-hybridized carbons (Fsp3) is 0.167. The second kappa shape index (κ2) is 4.33. The average molecular weight is 188 g/mol. The zero-order valence-electron chi connectivity index (χ0n) is 7.39. The van der Waals surface area contributed by atoms with Crippen molar-refractivity contribution >= 4 is 11.8 Å². The first kappa shape index (κ1) is 8.64. The molecule has 66 valence electrons. The van der Waals surface area contributed by atoms with E-state index in [0.717, 1.165) is 6.42 Å². The first-order chi connectivity index (χ1) is 6.45. The minimum atomic E-state index is 0.587. The van der Waals surface area contributed by atoms with Crippen LogP contribution in [0.4, 0.5) is 0 Å². The molecule has 0 nitrogen and oxygen atoms in total. The highest BCUT2D eigenvalue weighted by molar-refractivity contribution is 8.04. The minimum Gasteiger partial charge on any atom is -0.107 e. The number of hydrogen-bond donors (Lipinski definition) is 0. The largest absolute Gasteiger partial charge is 0.107 e. The highest BCUT2D eigenvalue weighted by Gasteiger charge is 2.03. The van der Waals surface area contributed by atoms with Crippen molar-refractivity contribution in [2.75, 3.05) is 0 Å². The topological polar surface area (TPSA) is 0 Å². The van der Waals surface area contributed by atoms with Crippen molar-refractivity contribution in [2.24, 2.45) is 5.92 Å². The molecule has 1 heterocycles. The Morgan fingerprint density at radius 1 is 1.00 bits per heavy atom. The summed E-state index contributed by atoms with van der Waals surface area (Å²) in [5.74, 6) is 0.587. The maximum atomic E-state index is 2.26. The molecule has 0 fully saturated rings. The number of allylic oxidation sites excluding steroid dienone is 2. The van der Waals surface area contributed by atoms with Gasteiger partial charge in [0.15, 0.2) is 0 Å². The first-order valence-electron chi connectivity index (χ1n) is 4.48. The van der Waals surface area contributed by atoms with Gasteiger partial charge in [0.1, 0.15) is 0 Å². The summed E-state index contributed by atoms with van der Waals surface area (Å²) in [7, 11) is 0. The highest BCUT2D eigenvalue weighted by atomic mass is 32.2. The van der Waals surface area contributed by atoms with Crippen LogP contribution in [0.3, 0.4) is 0 Å². The number of rotatable bonds is 2. The predicted molar refractivity (Wildman–Crippen MR) is 59.5 cm³/mol. The van der Waals surface area contributed by atoms with Crippen LogP contribution in [0.15, 0.2) is 53.3 Å². The maximum Gasteiger partial charge on any atom is 0.000347 e. The van der Waals surface area contributed by atoms with E-state index in [-0.39, 0.29) is 0 Å². The Bertz CT molecular complexity index is 299. The van der Waals surface area contributed by atoms with Crippen LogP contribution in [-0.4, -0.2) is 0 Å². The lowest BCUT2D eigenvalue weighted by Gasteiger charge is -2.09. The van der Waals surface area contributed by atoms with Crippen molar-refractivity contribution < 1.29 is 0 Å². The zero-order chi connectivity index (χ0) is 8.93. The van der Waals surface area contributed by atoms with Crippen molar-refractivity contribution in [3.63, 3.8) is 0 Å². The van der Waals surface area contributed by atoms with Crippen LogP contribution in [0.5, 0.6) is 0 Å². The second-order valence-corrected chi connectivity index (χ2v) is 3.96. The van der Waals surface area contributed by atoms with Gasteiger partial charge in [-0.05, 0) is 22.8 Å². The molecule has 0 aliphatic carbocycles. The van der Waals surface area contributed by atoms with Crippen molar-refractivity contribution in [1.29, 1.82) is 0 Å². The Kier molecular flexibility index (Phi) is 2.88. The molecule has 13 heavy (non-hydrogen) atoms. The maximum absolute atomic E-state index is 2.26. The monoisotopic (exact) mass is 188 g/mol. The number of benzene rings is 1. The molecule has 0 atom stereocenters. The predicted octanol–water partition coefficient (Wildman–Crippen LogP) is 3.62. The third-order valence-electron chi connectivity index (χ3n) is 2.12. The Labute approximate surface area is 83.4 Å². The van der Waals surface area contributed by atoms with Gasteiger partial charge in [-0.3, -0.25) is 0 Å². The summed E-state index contributed by atoms with van der Waals surface area (Å²) >= 11 is 1.75. The van der Waals surface area contributed by atoms with Gasteiger partial charge in [0.25, 0.3) is 0 Å². The van der Waals surface area contributed by atoms with Gasteiger partial charge in [-0.2, -0.15) is 0 Å². The molecule has 1 heteroatoms. The van der Waals surface area contributed by atoms with Gasteiger partial charge in [-0.1, -0.05) is 42.5 Å². The Balaban J connectivity index is 2.02. The Hall–Kier alpha value is -0.950. The van der Waals surface area contributed by atoms with E-state index in [2.05, 4.69) is 53.3 Å². The molecule has 2 rings (SSSR count).